The number of halogens is 3. The van der Waals surface area contributed by atoms with Crippen LogP contribution in [0.3, 0.4) is 0 Å². The number of furan rings is 1. The maximum absolute atomic E-state index is 13.6. The third kappa shape index (κ3) is 6.02. The number of benzene rings is 3. The number of ether oxygens (including phenoxy) is 3. The van der Waals surface area contributed by atoms with Crippen LogP contribution in [-0.2, 0) is 9.53 Å². The summed E-state index contributed by atoms with van der Waals surface area (Å²) in [6, 6.07) is 16.0. The number of methoxy groups -OCH3 is 1. The van der Waals surface area contributed by atoms with Crippen LogP contribution in [0.1, 0.15) is 19.4 Å². The van der Waals surface area contributed by atoms with Gasteiger partial charge in [-0.2, -0.15) is 9.78 Å². The molecular formula is C29H22Br2ClN3O6. The molecule has 0 aliphatic carbocycles. The summed E-state index contributed by atoms with van der Waals surface area (Å²) in [5, 5.41) is 5.86. The summed E-state index contributed by atoms with van der Waals surface area (Å²) in [5.41, 5.74) is 1.22. The van der Waals surface area contributed by atoms with Crippen LogP contribution in [0.15, 0.2) is 77.9 Å². The number of fused-ring (bicyclic) bond motifs is 2. The molecule has 0 amide bonds. The second kappa shape index (κ2) is 12.1. The molecule has 0 saturated heterocycles. The van der Waals surface area contributed by atoms with Crippen molar-refractivity contribution in [2.75, 3.05) is 13.7 Å². The van der Waals surface area contributed by atoms with Gasteiger partial charge in [-0.25, -0.2) is 9.78 Å². The van der Waals surface area contributed by atoms with Crippen molar-refractivity contribution in [3.63, 3.8) is 0 Å². The summed E-state index contributed by atoms with van der Waals surface area (Å²) in [4.78, 5) is 30.3. The quantitative estimate of drug-likeness (QED) is 0.124. The number of rotatable bonds is 8. The molecule has 9 nitrogen and oxygen atoms in total. The van der Waals surface area contributed by atoms with Crippen molar-refractivity contribution in [2.24, 2.45) is 5.10 Å². The van der Waals surface area contributed by atoms with Gasteiger partial charge in [-0.15, -0.1) is 0 Å². The van der Waals surface area contributed by atoms with Gasteiger partial charge in [-0.1, -0.05) is 39.7 Å². The van der Waals surface area contributed by atoms with Gasteiger partial charge < -0.3 is 18.6 Å². The largest absolute Gasteiger partial charge is 0.493 e. The maximum atomic E-state index is 13.6. The molecule has 41 heavy (non-hydrogen) atoms. The van der Waals surface area contributed by atoms with E-state index < -0.39 is 5.97 Å². The second-order valence-electron chi connectivity index (χ2n) is 9.06. The number of para-hydroxylation sites is 1. The Morgan fingerprint density at radius 1 is 1.17 bits per heavy atom. The monoisotopic (exact) mass is 701 g/mol. The number of carbonyl (C=O) groups excluding carboxylic acids is 1. The second-order valence-corrected chi connectivity index (χ2v) is 11.1. The van der Waals surface area contributed by atoms with E-state index in [9.17, 15) is 9.59 Å². The van der Waals surface area contributed by atoms with Gasteiger partial charge in [0.1, 0.15) is 10.6 Å². The van der Waals surface area contributed by atoms with Crippen molar-refractivity contribution in [3.05, 3.63) is 84.5 Å². The van der Waals surface area contributed by atoms with E-state index in [1.807, 2.05) is 18.2 Å². The smallest absolute Gasteiger partial charge is 0.344 e. The standard InChI is InChI=1S/C29H22Br2ClN3O6/c1-15(2)40-24(36)14-39-27-22(38-3)12-17(25(31)26(27)32)13-33-35-28(34-20-7-5-4-6-19(20)29(35)37)23-11-16-10-18(30)8-9-21(16)41-23/h4-13,15H,14H2,1-3H3. The molecule has 2 heterocycles. The number of hydrogen-bond acceptors (Lipinski definition) is 8. The van der Waals surface area contributed by atoms with E-state index in [1.165, 1.54) is 18.0 Å². The summed E-state index contributed by atoms with van der Waals surface area (Å²) in [6.07, 6.45) is 1.16. The lowest BCUT2D eigenvalue weighted by Gasteiger charge is -2.15. The predicted octanol–water partition coefficient (Wildman–Crippen LogP) is 7.21. The highest BCUT2D eigenvalue weighted by Crippen LogP contribution is 2.42. The fourth-order valence-corrected chi connectivity index (χ4v) is 5.08. The molecular weight excluding hydrogens is 682 g/mol. The minimum Gasteiger partial charge on any atom is -0.493 e. The summed E-state index contributed by atoms with van der Waals surface area (Å²) in [5.74, 6) is 0.440. The Morgan fingerprint density at radius 3 is 2.71 bits per heavy atom. The highest BCUT2D eigenvalue weighted by Gasteiger charge is 2.20. The van der Waals surface area contributed by atoms with E-state index >= 15 is 0 Å². The van der Waals surface area contributed by atoms with Crippen LogP contribution < -0.4 is 15.0 Å². The van der Waals surface area contributed by atoms with Crippen molar-refractivity contribution >= 4 is 77.5 Å². The summed E-state index contributed by atoms with van der Waals surface area (Å²) in [6.45, 7) is 3.13. The van der Waals surface area contributed by atoms with Gasteiger partial charge in [-0.3, -0.25) is 4.79 Å². The summed E-state index contributed by atoms with van der Waals surface area (Å²) >= 11 is 13.5. The van der Waals surface area contributed by atoms with Gasteiger partial charge in [0, 0.05) is 19.9 Å². The van der Waals surface area contributed by atoms with E-state index in [0.717, 1.165) is 9.86 Å². The van der Waals surface area contributed by atoms with Crippen LogP contribution in [0.5, 0.6) is 11.5 Å². The first-order valence-corrected chi connectivity index (χ1v) is 14.3. The van der Waals surface area contributed by atoms with Crippen molar-refractivity contribution in [3.8, 4) is 23.1 Å². The highest BCUT2D eigenvalue weighted by molar-refractivity contribution is 9.10. The maximum Gasteiger partial charge on any atom is 0.344 e. The lowest BCUT2D eigenvalue weighted by molar-refractivity contribution is -0.149. The van der Waals surface area contributed by atoms with E-state index in [2.05, 4.69) is 37.0 Å². The molecule has 5 aromatic rings. The lowest BCUT2D eigenvalue weighted by Crippen LogP contribution is -2.20. The zero-order valence-electron chi connectivity index (χ0n) is 22.0. The van der Waals surface area contributed by atoms with Crippen molar-refractivity contribution < 1.29 is 23.4 Å². The number of esters is 1. The molecule has 2 aromatic heterocycles. The first-order valence-electron chi connectivity index (χ1n) is 12.3. The number of hydrogen-bond donors (Lipinski definition) is 0. The fourth-order valence-electron chi connectivity index (χ4n) is 4.05. The molecule has 5 rings (SSSR count). The Balaban J connectivity index is 1.59. The van der Waals surface area contributed by atoms with Gasteiger partial charge in [0.2, 0.25) is 5.82 Å². The Morgan fingerprint density at radius 2 is 1.95 bits per heavy atom. The zero-order chi connectivity index (χ0) is 29.3. The molecule has 210 valence electrons. The minimum absolute atomic E-state index is 0.148. The summed E-state index contributed by atoms with van der Waals surface area (Å²) < 4.78 is 24.7. The normalized spacial score (nSPS) is 11.6. The molecule has 0 radical (unpaired) electrons. The number of nitrogens with zero attached hydrogens (tertiary/aromatic N) is 3. The van der Waals surface area contributed by atoms with Gasteiger partial charge in [0.25, 0.3) is 5.56 Å². The Labute approximate surface area is 255 Å². The van der Waals surface area contributed by atoms with Crippen LogP contribution in [0, 0.1) is 0 Å². The number of aromatic nitrogens is 2. The molecule has 12 heteroatoms. The molecule has 0 spiro atoms. The molecule has 0 saturated carbocycles. The summed E-state index contributed by atoms with van der Waals surface area (Å²) in [7, 11) is 1.44. The predicted molar refractivity (Wildman–Crippen MR) is 164 cm³/mol. The third-order valence-electron chi connectivity index (χ3n) is 5.84. The number of carbonyl (C=O) groups is 1. The van der Waals surface area contributed by atoms with Crippen molar-refractivity contribution in [1.29, 1.82) is 0 Å². The van der Waals surface area contributed by atoms with Crippen LogP contribution in [0.4, 0.5) is 0 Å². The van der Waals surface area contributed by atoms with E-state index in [0.29, 0.717) is 32.3 Å². The molecule has 3 aromatic carbocycles. The average molecular weight is 704 g/mol. The molecule has 0 bridgehead atoms. The topological polar surface area (TPSA) is 105 Å². The first-order chi connectivity index (χ1) is 19.7. The SMILES string of the molecule is COc1cc(C=Nn2c(-c3cc4cc(Br)ccc4o3)nc3ccccc3c2=O)c(Br)c(Cl)c1OCC(=O)OC(C)C. The molecule has 0 unspecified atom stereocenters. The average Bonchev–Trinajstić information content (AvgIpc) is 3.36. The van der Waals surface area contributed by atoms with Gasteiger partial charge in [0.15, 0.2) is 23.9 Å². The Kier molecular flexibility index (Phi) is 8.48. The fraction of sp³-hybridized carbons (Fsp3) is 0.172. The van der Waals surface area contributed by atoms with E-state index in [4.69, 9.17) is 35.2 Å². The van der Waals surface area contributed by atoms with Crippen molar-refractivity contribution in [2.45, 2.75) is 20.0 Å². The van der Waals surface area contributed by atoms with Crippen LogP contribution in [0.2, 0.25) is 5.02 Å². The zero-order valence-corrected chi connectivity index (χ0v) is 25.9. The van der Waals surface area contributed by atoms with Gasteiger partial charge in [0.05, 0.1) is 30.3 Å². The highest BCUT2D eigenvalue weighted by atomic mass is 79.9. The molecule has 0 aliphatic heterocycles. The van der Waals surface area contributed by atoms with Gasteiger partial charge in [-0.05, 0) is 72.2 Å². The molecule has 0 atom stereocenters. The first kappa shape index (κ1) is 28.8. The van der Waals surface area contributed by atoms with E-state index in [-0.39, 0.29) is 40.6 Å². The minimum atomic E-state index is -0.548. The molecule has 0 aliphatic rings. The molecule has 0 N–H and O–H groups in total. The van der Waals surface area contributed by atoms with Crippen LogP contribution >= 0.6 is 43.5 Å². The Hall–Kier alpha value is -3.67. The van der Waals surface area contributed by atoms with Crippen molar-refractivity contribution in [1.82, 2.24) is 9.66 Å². The van der Waals surface area contributed by atoms with E-state index in [1.54, 1.807) is 50.2 Å². The van der Waals surface area contributed by atoms with Crippen LogP contribution in [-0.4, -0.2) is 41.7 Å². The Bertz CT molecular complexity index is 1880. The van der Waals surface area contributed by atoms with Crippen LogP contribution in [0.25, 0.3) is 33.5 Å². The van der Waals surface area contributed by atoms with Gasteiger partial charge >= 0.3 is 5.97 Å². The third-order valence-corrected chi connectivity index (χ3v) is 7.78. The molecule has 0 fully saturated rings. The lowest BCUT2D eigenvalue weighted by atomic mass is 10.2.